The molecule has 17 heavy (non-hydrogen) atoms. The van der Waals surface area contributed by atoms with Gasteiger partial charge in [0.15, 0.2) is 0 Å². The Morgan fingerprint density at radius 3 is 2.41 bits per heavy atom. The van der Waals surface area contributed by atoms with Crippen molar-refractivity contribution in [1.29, 1.82) is 0 Å². The van der Waals surface area contributed by atoms with Crippen LogP contribution in [-0.4, -0.2) is 24.0 Å². The van der Waals surface area contributed by atoms with Gasteiger partial charge >= 0.3 is 5.97 Å². The molecule has 0 radical (unpaired) electrons. The maximum absolute atomic E-state index is 11.3. The average Bonchev–Trinajstić information content (AvgIpc) is 2.28. The van der Waals surface area contributed by atoms with Crippen LogP contribution < -0.4 is 11.1 Å². The Morgan fingerprint density at radius 2 is 1.94 bits per heavy atom. The first-order valence-electron chi connectivity index (χ1n) is 4.79. The van der Waals surface area contributed by atoms with Crippen LogP contribution >= 0.6 is 12.2 Å². The number of hydrogen-bond acceptors (Lipinski definition) is 4. The molecule has 90 valence electrons. The molecule has 0 saturated heterocycles. The molecule has 1 rings (SSSR count). The lowest BCUT2D eigenvalue weighted by atomic mass is 10.2. The first-order valence-corrected chi connectivity index (χ1v) is 5.20. The van der Waals surface area contributed by atoms with Gasteiger partial charge in [-0.1, -0.05) is 12.2 Å². The Kier molecular flexibility index (Phi) is 4.59. The van der Waals surface area contributed by atoms with Gasteiger partial charge in [0.2, 0.25) is 5.91 Å². The second-order valence-electron chi connectivity index (χ2n) is 3.26. The predicted molar refractivity (Wildman–Crippen MR) is 67.8 cm³/mol. The van der Waals surface area contributed by atoms with Crippen molar-refractivity contribution in [2.75, 3.05) is 12.4 Å². The summed E-state index contributed by atoms with van der Waals surface area (Å²) in [4.78, 5) is 22.6. The van der Waals surface area contributed by atoms with Crippen LogP contribution in [0.5, 0.6) is 0 Å². The fourth-order valence-electron chi connectivity index (χ4n) is 1.17. The molecule has 0 atom stereocenters. The molecule has 0 aliphatic rings. The monoisotopic (exact) mass is 252 g/mol. The maximum Gasteiger partial charge on any atom is 0.337 e. The molecule has 6 heteroatoms. The fourth-order valence-corrected chi connectivity index (χ4v) is 1.30. The van der Waals surface area contributed by atoms with Gasteiger partial charge in [-0.05, 0) is 24.3 Å². The number of anilines is 1. The van der Waals surface area contributed by atoms with Gasteiger partial charge in [-0.15, -0.1) is 0 Å². The summed E-state index contributed by atoms with van der Waals surface area (Å²) in [5, 5.41) is 2.60. The van der Waals surface area contributed by atoms with Crippen molar-refractivity contribution in [2.24, 2.45) is 5.73 Å². The van der Waals surface area contributed by atoms with Crippen LogP contribution in [0.25, 0.3) is 0 Å². The van der Waals surface area contributed by atoms with Crippen molar-refractivity contribution >= 4 is 34.8 Å². The Morgan fingerprint density at radius 1 is 1.35 bits per heavy atom. The molecule has 0 aromatic heterocycles. The van der Waals surface area contributed by atoms with E-state index < -0.39 is 5.97 Å². The van der Waals surface area contributed by atoms with Crippen LogP contribution in [0, 0.1) is 0 Å². The summed E-state index contributed by atoms with van der Waals surface area (Å²) in [7, 11) is 1.31. The molecule has 0 aliphatic carbocycles. The van der Waals surface area contributed by atoms with Crippen LogP contribution in [0.1, 0.15) is 16.8 Å². The van der Waals surface area contributed by atoms with Crippen molar-refractivity contribution < 1.29 is 14.3 Å². The molecular weight excluding hydrogens is 240 g/mol. The zero-order chi connectivity index (χ0) is 12.8. The minimum Gasteiger partial charge on any atom is -0.465 e. The topological polar surface area (TPSA) is 81.4 Å². The number of amides is 1. The van der Waals surface area contributed by atoms with Gasteiger partial charge in [-0.2, -0.15) is 0 Å². The summed E-state index contributed by atoms with van der Waals surface area (Å²) in [6.45, 7) is 0. The number of ether oxygens (including phenoxy) is 1. The number of carbonyl (C=O) groups excluding carboxylic acids is 2. The van der Waals surface area contributed by atoms with E-state index in [1.54, 1.807) is 24.3 Å². The third-order valence-electron chi connectivity index (χ3n) is 1.92. The van der Waals surface area contributed by atoms with Gasteiger partial charge in [-0.3, -0.25) is 4.79 Å². The van der Waals surface area contributed by atoms with Crippen LogP contribution in [0.2, 0.25) is 0 Å². The number of nitrogens with two attached hydrogens (primary N) is 1. The lowest BCUT2D eigenvalue weighted by molar-refractivity contribution is -0.115. The van der Waals surface area contributed by atoms with Crippen molar-refractivity contribution in [2.45, 2.75) is 6.42 Å². The first-order chi connectivity index (χ1) is 8.02. The number of esters is 1. The lowest BCUT2D eigenvalue weighted by Crippen LogP contribution is -2.20. The fraction of sp³-hybridized carbons (Fsp3) is 0.182. The maximum atomic E-state index is 11.3. The van der Waals surface area contributed by atoms with E-state index in [-0.39, 0.29) is 17.3 Å². The van der Waals surface area contributed by atoms with E-state index in [0.717, 1.165) is 0 Å². The molecule has 5 nitrogen and oxygen atoms in total. The van der Waals surface area contributed by atoms with Crippen molar-refractivity contribution in [1.82, 2.24) is 0 Å². The standard InChI is InChI=1S/C11H12N2O3S/c1-16-11(15)7-2-4-8(5-3-7)13-10(14)6-9(12)17/h2-5H,6H2,1H3,(H2,12,17)(H,13,14). The molecule has 0 spiro atoms. The molecule has 1 aromatic carbocycles. The molecule has 0 unspecified atom stereocenters. The highest BCUT2D eigenvalue weighted by Gasteiger charge is 2.06. The molecule has 0 saturated carbocycles. The van der Waals surface area contributed by atoms with E-state index in [0.29, 0.717) is 11.3 Å². The molecule has 0 aliphatic heterocycles. The van der Waals surface area contributed by atoms with Crippen LogP contribution in [0.3, 0.4) is 0 Å². The number of methoxy groups -OCH3 is 1. The molecular formula is C11H12N2O3S. The van der Waals surface area contributed by atoms with Crippen LogP contribution in [-0.2, 0) is 9.53 Å². The van der Waals surface area contributed by atoms with Gasteiger partial charge in [-0.25, -0.2) is 4.79 Å². The Hall–Kier alpha value is -1.95. The second-order valence-corrected chi connectivity index (χ2v) is 3.78. The number of rotatable bonds is 4. The largest absolute Gasteiger partial charge is 0.465 e. The van der Waals surface area contributed by atoms with E-state index in [4.69, 9.17) is 5.73 Å². The van der Waals surface area contributed by atoms with Gasteiger partial charge in [0, 0.05) is 5.69 Å². The van der Waals surface area contributed by atoms with E-state index >= 15 is 0 Å². The second kappa shape index (κ2) is 5.95. The van der Waals surface area contributed by atoms with Gasteiger partial charge < -0.3 is 15.8 Å². The third-order valence-corrected chi connectivity index (χ3v) is 2.07. The van der Waals surface area contributed by atoms with Crippen LogP contribution in [0.15, 0.2) is 24.3 Å². The lowest BCUT2D eigenvalue weighted by Gasteiger charge is -2.05. The first kappa shape index (κ1) is 13.1. The van der Waals surface area contributed by atoms with Gasteiger partial charge in [0.1, 0.15) is 0 Å². The Labute approximate surface area is 104 Å². The SMILES string of the molecule is COC(=O)c1ccc(NC(=O)CC(N)=S)cc1. The van der Waals surface area contributed by atoms with Crippen molar-refractivity contribution in [3.8, 4) is 0 Å². The summed E-state index contributed by atoms with van der Waals surface area (Å²) < 4.78 is 4.55. The zero-order valence-electron chi connectivity index (χ0n) is 9.23. The Balaban J connectivity index is 2.65. The molecule has 3 N–H and O–H groups in total. The summed E-state index contributed by atoms with van der Waals surface area (Å²) in [6.07, 6.45) is -0.00587. The van der Waals surface area contributed by atoms with Gasteiger partial charge in [0.25, 0.3) is 0 Å². The number of hydrogen-bond donors (Lipinski definition) is 2. The molecule has 0 heterocycles. The highest BCUT2D eigenvalue weighted by Crippen LogP contribution is 2.10. The minimum absolute atomic E-state index is 0.00587. The van der Waals surface area contributed by atoms with Crippen LogP contribution in [0.4, 0.5) is 5.69 Å². The normalized spacial score (nSPS) is 9.47. The van der Waals surface area contributed by atoms with Crippen molar-refractivity contribution in [3.05, 3.63) is 29.8 Å². The summed E-state index contributed by atoms with van der Waals surface area (Å²) >= 11 is 4.61. The summed E-state index contributed by atoms with van der Waals surface area (Å²) in [6, 6.07) is 6.32. The highest BCUT2D eigenvalue weighted by molar-refractivity contribution is 7.80. The number of carbonyl (C=O) groups is 2. The smallest absolute Gasteiger partial charge is 0.337 e. The summed E-state index contributed by atoms with van der Waals surface area (Å²) in [5.41, 5.74) is 6.22. The highest BCUT2D eigenvalue weighted by atomic mass is 32.1. The van der Waals surface area contributed by atoms with E-state index in [1.807, 2.05) is 0 Å². The van der Waals surface area contributed by atoms with E-state index in [1.165, 1.54) is 7.11 Å². The minimum atomic E-state index is -0.425. The number of nitrogens with one attached hydrogen (secondary N) is 1. The van der Waals surface area contributed by atoms with E-state index in [9.17, 15) is 9.59 Å². The molecule has 0 fully saturated rings. The molecule has 1 amide bonds. The van der Waals surface area contributed by atoms with E-state index in [2.05, 4.69) is 22.3 Å². The molecule has 0 bridgehead atoms. The average molecular weight is 252 g/mol. The van der Waals surface area contributed by atoms with Gasteiger partial charge in [0.05, 0.1) is 24.1 Å². The zero-order valence-corrected chi connectivity index (χ0v) is 10.0. The third kappa shape index (κ3) is 4.20. The summed E-state index contributed by atoms with van der Waals surface area (Å²) in [5.74, 6) is -0.714. The molecule has 1 aromatic rings. The Bertz CT molecular complexity index is 443. The van der Waals surface area contributed by atoms with Crippen molar-refractivity contribution in [3.63, 3.8) is 0 Å². The number of benzene rings is 1. The predicted octanol–water partition coefficient (Wildman–Crippen LogP) is 1.09. The quantitative estimate of drug-likeness (QED) is 0.619. The number of thiocarbonyl (C=S) groups is 1.